The lowest BCUT2D eigenvalue weighted by atomic mass is 9.57. The maximum Gasteiger partial charge on any atom is 0.248 e. The van der Waals surface area contributed by atoms with Gasteiger partial charge in [-0.2, -0.15) is 0 Å². The van der Waals surface area contributed by atoms with Crippen LogP contribution in [-0.4, -0.2) is 4.98 Å². The fourth-order valence-electron chi connectivity index (χ4n) is 4.16. The second-order valence-electron chi connectivity index (χ2n) is 6.03. The third-order valence-corrected chi connectivity index (χ3v) is 4.72. The normalized spacial score (nSPS) is 38.0. The molecule has 0 saturated heterocycles. The first-order valence-electron chi connectivity index (χ1n) is 6.68. The summed E-state index contributed by atoms with van der Waals surface area (Å²) in [7, 11) is 0. The van der Waals surface area contributed by atoms with Crippen LogP contribution in [0.25, 0.3) is 0 Å². The minimum atomic E-state index is -0.345. The Morgan fingerprint density at radius 1 is 1.56 bits per heavy atom. The number of H-pyrrole nitrogens is 1. The van der Waals surface area contributed by atoms with Gasteiger partial charge >= 0.3 is 0 Å². The van der Waals surface area contributed by atoms with Crippen molar-refractivity contribution in [1.82, 2.24) is 4.98 Å². The van der Waals surface area contributed by atoms with E-state index in [2.05, 4.69) is 18.5 Å². The van der Waals surface area contributed by atoms with Crippen LogP contribution in [0.3, 0.4) is 0 Å². The average Bonchev–Trinajstić information content (AvgIpc) is 2.26. The van der Waals surface area contributed by atoms with Crippen molar-refractivity contribution in [2.45, 2.75) is 31.7 Å². The van der Waals surface area contributed by atoms with Crippen molar-refractivity contribution < 1.29 is 0 Å². The van der Waals surface area contributed by atoms with Crippen molar-refractivity contribution in [2.75, 3.05) is 0 Å². The summed E-state index contributed by atoms with van der Waals surface area (Å²) in [5, 5.41) is 0. The Balaban J connectivity index is 2.20. The van der Waals surface area contributed by atoms with E-state index < -0.39 is 0 Å². The Hall–Kier alpha value is -1.35. The molecule has 1 aromatic rings. The molecule has 2 aliphatic rings. The van der Waals surface area contributed by atoms with Crippen molar-refractivity contribution in [3.05, 3.63) is 46.4 Å². The highest BCUT2D eigenvalue weighted by atomic mass is 16.1. The highest BCUT2D eigenvalue weighted by Crippen LogP contribution is 2.50. The molecule has 0 aromatic carbocycles. The monoisotopic (exact) mass is 244 g/mol. The first-order chi connectivity index (χ1) is 8.54. The second-order valence-corrected chi connectivity index (χ2v) is 6.03. The van der Waals surface area contributed by atoms with Gasteiger partial charge in [0.15, 0.2) is 0 Å². The minimum absolute atomic E-state index is 0.0273. The van der Waals surface area contributed by atoms with E-state index in [0.717, 1.165) is 24.1 Å². The molecule has 1 saturated carbocycles. The van der Waals surface area contributed by atoms with Crippen LogP contribution in [0.4, 0.5) is 0 Å². The summed E-state index contributed by atoms with van der Waals surface area (Å²) in [6.45, 7) is 6.24. The third kappa shape index (κ3) is 1.50. The van der Waals surface area contributed by atoms with Crippen LogP contribution in [0.2, 0.25) is 0 Å². The standard InChI is InChI=1S/C15H20N2O/c1-3-11-10-6-9(2)8-15(11,16)12-4-5-14(18)17-13(12)7-10/h3-5,9-11H,1,6-8,16H2,2H3,(H,17,18)/t9-,10?,11?,15-/m1/s1. The van der Waals surface area contributed by atoms with Gasteiger partial charge in [0, 0.05) is 23.2 Å². The number of fused-ring (bicyclic) bond motifs is 4. The molecule has 3 nitrogen and oxygen atoms in total. The molecule has 3 rings (SSSR count). The van der Waals surface area contributed by atoms with Gasteiger partial charge in [-0.3, -0.25) is 4.79 Å². The maximum absolute atomic E-state index is 11.5. The molecule has 4 atom stereocenters. The molecule has 2 aliphatic carbocycles. The number of pyridine rings is 1. The molecule has 0 aliphatic heterocycles. The number of nitrogens with one attached hydrogen (secondary N) is 1. The zero-order valence-electron chi connectivity index (χ0n) is 10.8. The van der Waals surface area contributed by atoms with E-state index in [9.17, 15) is 4.79 Å². The lowest BCUT2D eigenvalue weighted by Gasteiger charge is -2.51. The van der Waals surface area contributed by atoms with Crippen LogP contribution in [-0.2, 0) is 12.0 Å². The van der Waals surface area contributed by atoms with Crippen molar-refractivity contribution in [1.29, 1.82) is 0 Å². The summed E-state index contributed by atoms with van der Waals surface area (Å²) >= 11 is 0. The van der Waals surface area contributed by atoms with Gasteiger partial charge in [0.1, 0.15) is 0 Å². The fraction of sp³-hybridized carbons (Fsp3) is 0.533. The van der Waals surface area contributed by atoms with Gasteiger partial charge in [0.05, 0.1) is 0 Å². The van der Waals surface area contributed by atoms with Crippen LogP contribution in [0.1, 0.15) is 31.0 Å². The Bertz CT molecular complexity index is 548. The van der Waals surface area contributed by atoms with Crippen LogP contribution in [0.5, 0.6) is 0 Å². The highest BCUT2D eigenvalue weighted by molar-refractivity contribution is 5.35. The Morgan fingerprint density at radius 3 is 3.06 bits per heavy atom. The number of aromatic amines is 1. The number of nitrogens with two attached hydrogens (primary N) is 1. The maximum atomic E-state index is 11.5. The number of aromatic nitrogens is 1. The number of rotatable bonds is 1. The van der Waals surface area contributed by atoms with Gasteiger partial charge in [-0.05, 0) is 42.7 Å². The lowest BCUT2D eigenvalue weighted by Crippen LogP contribution is -2.55. The summed E-state index contributed by atoms with van der Waals surface area (Å²) in [5.74, 6) is 1.48. The quantitative estimate of drug-likeness (QED) is 0.742. The van der Waals surface area contributed by atoms with Crippen LogP contribution in [0.15, 0.2) is 29.6 Å². The van der Waals surface area contributed by atoms with Crippen LogP contribution >= 0.6 is 0 Å². The van der Waals surface area contributed by atoms with E-state index in [4.69, 9.17) is 5.73 Å². The van der Waals surface area contributed by atoms with Crippen molar-refractivity contribution >= 4 is 0 Å². The Kier molecular flexibility index (Phi) is 2.49. The predicted molar refractivity (Wildman–Crippen MR) is 72.2 cm³/mol. The second kappa shape index (κ2) is 3.82. The number of hydrogen-bond donors (Lipinski definition) is 2. The average molecular weight is 244 g/mol. The SMILES string of the molecule is C=CC1C2Cc3[nH]c(=O)ccc3[C@@]1(N)C[C@H](C)C2. The molecular formula is C15H20N2O. The van der Waals surface area contributed by atoms with Gasteiger partial charge < -0.3 is 10.7 Å². The van der Waals surface area contributed by atoms with Gasteiger partial charge in [-0.1, -0.05) is 13.0 Å². The minimum Gasteiger partial charge on any atom is -0.326 e. The topological polar surface area (TPSA) is 58.9 Å². The fourth-order valence-corrected chi connectivity index (χ4v) is 4.16. The molecular weight excluding hydrogens is 224 g/mol. The zero-order valence-corrected chi connectivity index (χ0v) is 10.8. The van der Waals surface area contributed by atoms with Crippen LogP contribution < -0.4 is 11.3 Å². The van der Waals surface area contributed by atoms with Crippen molar-refractivity contribution in [3.63, 3.8) is 0 Å². The molecule has 18 heavy (non-hydrogen) atoms. The van der Waals surface area contributed by atoms with E-state index in [-0.39, 0.29) is 11.1 Å². The van der Waals surface area contributed by atoms with Gasteiger partial charge in [0.25, 0.3) is 0 Å². The van der Waals surface area contributed by atoms with Crippen molar-refractivity contribution in [3.8, 4) is 0 Å². The molecule has 96 valence electrons. The molecule has 0 radical (unpaired) electrons. The first-order valence-corrected chi connectivity index (χ1v) is 6.68. The zero-order chi connectivity index (χ0) is 12.9. The lowest BCUT2D eigenvalue weighted by molar-refractivity contribution is 0.0962. The first kappa shape index (κ1) is 11.7. The summed E-state index contributed by atoms with van der Waals surface area (Å²) in [6, 6.07) is 3.51. The van der Waals surface area contributed by atoms with Gasteiger partial charge in [-0.15, -0.1) is 6.58 Å². The summed E-state index contributed by atoms with van der Waals surface area (Å²) in [4.78, 5) is 14.4. The molecule has 2 bridgehead atoms. The number of hydrogen-bond acceptors (Lipinski definition) is 2. The largest absolute Gasteiger partial charge is 0.326 e. The van der Waals surface area contributed by atoms with E-state index in [0.29, 0.717) is 17.8 Å². The molecule has 1 aromatic heterocycles. The smallest absolute Gasteiger partial charge is 0.248 e. The van der Waals surface area contributed by atoms with Crippen molar-refractivity contribution in [2.24, 2.45) is 23.5 Å². The molecule has 1 heterocycles. The van der Waals surface area contributed by atoms with Gasteiger partial charge in [-0.25, -0.2) is 0 Å². The van der Waals surface area contributed by atoms with E-state index in [1.54, 1.807) is 6.07 Å². The predicted octanol–water partition coefficient (Wildman–Crippen LogP) is 1.93. The van der Waals surface area contributed by atoms with E-state index in [1.807, 2.05) is 12.1 Å². The molecule has 3 N–H and O–H groups in total. The molecule has 2 unspecified atom stereocenters. The molecule has 0 spiro atoms. The Morgan fingerprint density at radius 2 is 2.33 bits per heavy atom. The summed E-state index contributed by atoms with van der Waals surface area (Å²) in [5.41, 5.74) is 8.50. The van der Waals surface area contributed by atoms with Crippen LogP contribution in [0, 0.1) is 17.8 Å². The highest BCUT2D eigenvalue weighted by Gasteiger charge is 2.49. The Labute approximate surface area is 107 Å². The molecule has 3 heteroatoms. The molecule has 0 amide bonds. The van der Waals surface area contributed by atoms with Gasteiger partial charge in [0.2, 0.25) is 5.56 Å². The third-order valence-electron chi connectivity index (χ3n) is 4.72. The summed E-state index contributed by atoms with van der Waals surface area (Å²) < 4.78 is 0. The van der Waals surface area contributed by atoms with E-state index >= 15 is 0 Å². The summed E-state index contributed by atoms with van der Waals surface area (Å²) in [6.07, 6.45) is 5.08. The molecule has 1 fully saturated rings. The van der Waals surface area contributed by atoms with E-state index in [1.165, 1.54) is 6.42 Å².